The molecule has 1 aromatic carbocycles. The summed E-state index contributed by atoms with van der Waals surface area (Å²) >= 11 is 0. The number of aromatic nitrogens is 1. The number of nitrogens with zero attached hydrogens (tertiary/aromatic N) is 1. The van der Waals surface area contributed by atoms with Crippen molar-refractivity contribution in [2.45, 2.75) is 6.18 Å². The number of nitrogen functional groups attached to an aromatic ring is 1. The van der Waals surface area contributed by atoms with E-state index in [2.05, 4.69) is 5.16 Å². The number of alkyl halides is 3. The maximum absolute atomic E-state index is 12.8. The molecule has 0 saturated carbocycles. The van der Waals surface area contributed by atoms with Crippen molar-refractivity contribution >= 4 is 16.7 Å². The van der Waals surface area contributed by atoms with Crippen molar-refractivity contribution < 1.29 is 22.1 Å². The van der Waals surface area contributed by atoms with Crippen molar-refractivity contribution in [3.05, 3.63) is 36.0 Å². The van der Waals surface area contributed by atoms with Gasteiger partial charge in [-0.25, -0.2) is 0 Å². The van der Waals surface area contributed by atoms with Crippen molar-refractivity contribution in [2.75, 3.05) is 5.73 Å². The molecule has 2 aromatic heterocycles. The van der Waals surface area contributed by atoms with Crippen LogP contribution in [-0.4, -0.2) is 5.16 Å². The average molecular weight is 268 g/mol. The Morgan fingerprint density at radius 3 is 2.63 bits per heavy atom. The van der Waals surface area contributed by atoms with Crippen molar-refractivity contribution in [1.82, 2.24) is 5.16 Å². The second kappa shape index (κ2) is 3.78. The normalized spacial score (nSPS) is 12.2. The molecule has 98 valence electrons. The van der Waals surface area contributed by atoms with Crippen LogP contribution in [0.15, 0.2) is 39.4 Å². The van der Waals surface area contributed by atoms with E-state index in [1.165, 1.54) is 24.4 Å². The minimum Gasteiger partial charge on any atom is -0.453 e. The van der Waals surface area contributed by atoms with E-state index in [0.717, 1.165) is 6.07 Å². The molecular weight excluding hydrogens is 261 g/mol. The number of anilines is 1. The van der Waals surface area contributed by atoms with Gasteiger partial charge in [0.25, 0.3) is 0 Å². The number of rotatable bonds is 1. The summed E-state index contributed by atoms with van der Waals surface area (Å²) in [7, 11) is 0. The van der Waals surface area contributed by atoms with Gasteiger partial charge in [0.1, 0.15) is 11.3 Å². The molecular formula is C12H7F3N2O2. The quantitative estimate of drug-likeness (QED) is 0.731. The Kier molecular flexibility index (Phi) is 2.31. The summed E-state index contributed by atoms with van der Waals surface area (Å²) < 4.78 is 48.7. The van der Waals surface area contributed by atoms with Gasteiger partial charge in [0, 0.05) is 5.39 Å². The summed E-state index contributed by atoms with van der Waals surface area (Å²) in [4.78, 5) is 0. The highest BCUT2D eigenvalue weighted by Gasteiger charge is 2.33. The van der Waals surface area contributed by atoms with Gasteiger partial charge in [-0.05, 0) is 18.2 Å². The molecule has 0 amide bonds. The van der Waals surface area contributed by atoms with Crippen molar-refractivity contribution in [3.8, 4) is 11.5 Å². The number of fused-ring (bicyclic) bond motifs is 1. The molecule has 0 unspecified atom stereocenters. The van der Waals surface area contributed by atoms with E-state index in [0.29, 0.717) is 0 Å². The molecule has 2 N–H and O–H groups in total. The Labute approximate surface area is 104 Å². The van der Waals surface area contributed by atoms with E-state index in [9.17, 15) is 13.2 Å². The van der Waals surface area contributed by atoms with Crippen LogP contribution >= 0.6 is 0 Å². The Hall–Kier alpha value is -2.44. The van der Waals surface area contributed by atoms with E-state index in [-0.39, 0.29) is 28.2 Å². The first-order valence-electron chi connectivity index (χ1n) is 5.27. The molecule has 7 heteroatoms. The average Bonchev–Trinajstić information content (AvgIpc) is 2.91. The lowest BCUT2D eigenvalue weighted by molar-refractivity contribution is -0.136. The zero-order chi connectivity index (χ0) is 13.6. The van der Waals surface area contributed by atoms with Crippen LogP contribution in [0.1, 0.15) is 5.56 Å². The lowest BCUT2D eigenvalue weighted by atomic mass is 10.1. The third-order valence-electron chi connectivity index (χ3n) is 2.69. The summed E-state index contributed by atoms with van der Waals surface area (Å²) in [6.45, 7) is 0. The minimum absolute atomic E-state index is 0.0409. The van der Waals surface area contributed by atoms with E-state index in [1.54, 1.807) is 0 Å². The number of furan rings is 1. The van der Waals surface area contributed by atoms with E-state index >= 15 is 0 Å². The monoisotopic (exact) mass is 268 g/mol. The van der Waals surface area contributed by atoms with Crippen LogP contribution < -0.4 is 5.73 Å². The van der Waals surface area contributed by atoms with Crippen LogP contribution in [0.3, 0.4) is 0 Å². The van der Waals surface area contributed by atoms with Gasteiger partial charge in [-0.15, -0.1) is 0 Å². The first-order valence-corrected chi connectivity index (χ1v) is 5.27. The summed E-state index contributed by atoms with van der Waals surface area (Å²) in [5.74, 6) is 0.228. The molecule has 0 aliphatic heterocycles. The standard InChI is InChI=1S/C12H7F3N2O2/c13-12(14,15)7-2-1-3-9-6(7)4-10(18-9)11-8(16)5-17-19-11/h1-5H,16H2. The first-order chi connectivity index (χ1) is 8.97. The Morgan fingerprint density at radius 1 is 1.21 bits per heavy atom. The van der Waals surface area contributed by atoms with Gasteiger partial charge in [0.15, 0.2) is 5.76 Å². The van der Waals surface area contributed by atoms with Crippen LogP contribution in [0.5, 0.6) is 0 Å². The van der Waals surface area contributed by atoms with Crippen molar-refractivity contribution in [1.29, 1.82) is 0 Å². The molecule has 0 saturated heterocycles. The maximum atomic E-state index is 12.8. The van der Waals surface area contributed by atoms with Gasteiger partial charge in [0.05, 0.1) is 11.8 Å². The third kappa shape index (κ3) is 1.83. The molecule has 0 radical (unpaired) electrons. The molecule has 2 heterocycles. The molecule has 0 fully saturated rings. The topological polar surface area (TPSA) is 65.2 Å². The molecule has 4 nitrogen and oxygen atoms in total. The summed E-state index contributed by atoms with van der Waals surface area (Å²) in [5, 5.41) is 3.42. The number of benzene rings is 1. The zero-order valence-corrected chi connectivity index (χ0v) is 9.36. The van der Waals surface area contributed by atoms with Gasteiger partial charge in [-0.1, -0.05) is 11.2 Å². The van der Waals surface area contributed by atoms with Gasteiger partial charge in [-0.2, -0.15) is 13.2 Å². The number of hydrogen-bond donors (Lipinski definition) is 1. The van der Waals surface area contributed by atoms with E-state index in [1.807, 2.05) is 0 Å². The fourth-order valence-corrected chi connectivity index (χ4v) is 1.85. The van der Waals surface area contributed by atoms with Gasteiger partial charge >= 0.3 is 6.18 Å². The van der Waals surface area contributed by atoms with Gasteiger partial charge < -0.3 is 14.7 Å². The summed E-state index contributed by atoms with van der Waals surface area (Å²) in [5.41, 5.74) is 5.13. The Bertz CT molecular complexity index is 743. The molecule has 3 aromatic rings. The van der Waals surface area contributed by atoms with Crippen LogP contribution in [0.2, 0.25) is 0 Å². The van der Waals surface area contributed by atoms with Crippen molar-refractivity contribution in [2.24, 2.45) is 0 Å². The molecule has 19 heavy (non-hydrogen) atoms. The maximum Gasteiger partial charge on any atom is 0.417 e. The fourth-order valence-electron chi connectivity index (χ4n) is 1.85. The predicted molar refractivity (Wildman–Crippen MR) is 61.1 cm³/mol. The number of nitrogens with two attached hydrogens (primary N) is 1. The summed E-state index contributed by atoms with van der Waals surface area (Å²) in [6, 6.07) is 4.96. The van der Waals surface area contributed by atoms with E-state index < -0.39 is 11.7 Å². The molecule has 0 aliphatic carbocycles. The smallest absolute Gasteiger partial charge is 0.417 e. The highest BCUT2D eigenvalue weighted by molar-refractivity contribution is 5.87. The molecule has 0 bridgehead atoms. The van der Waals surface area contributed by atoms with Crippen LogP contribution in [0, 0.1) is 0 Å². The Morgan fingerprint density at radius 2 is 2.00 bits per heavy atom. The molecule has 0 atom stereocenters. The number of halogens is 3. The lowest BCUT2D eigenvalue weighted by Gasteiger charge is -2.06. The molecule has 0 spiro atoms. The van der Waals surface area contributed by atoms with E-state index in [4.69, 9.17) is 14.7 Å². The second-order valence-corrected chi connectivity index (χ2v) is 3.94. The van der Waals surface area contributed by atoms with Crippen LogP contribution in [0.4, 0.5) is 18.9 Å². The third-order valence-corrected chi connectivity index (χ3v) is 2.69. The SMILES string of the molecule is Nc1cnoc1-c1cc2c(C(F)(F)F)cccc2o1. The number of hydrogen-bond acceptors (Lipinski definition) is 4. The van der Waals surface area contributed by atoms with Crippen LogP contribution in [0.25, 0.3) is 22.5 Å². The fraction of sp³-hybridized carbons (Fsp3) is 0.0833. The molecule has 3 rings (SSSR count). The van der Waals surface area contributed by atoms with Crippen molar-refractivity contribution in [3.63, 3.8) is 0 Å². The minimum atomic E-state index is -4.45. The van der Waals surface area contributed by atoms with Crippen LogP contribution in [-0.2, 0) is 6.18 Å². The highest BCUT2D eigenvalue weighted by atomic mass is 19.4. The predicted octanol–water partition coefficient (Wildman–Crippen LogP) is 3.69. The highest BCUT2D eigenvalue weighted by Crippen LogP contribution is 2.38. The zero-order valence-electron chi connectivity index (χ0n) is 9.36. The lowest BCUT2D eigenvalue weighted by Crippen LogP contribution is -2.04. The largest absolute Gasteiger partial charge is 0.453 e. The van der Waals surface area contributed by atoms with Gasteiger partial charge in [-0.3, -0.25) is 0 Å². The second-order valence-electron chi connectivity index (χ2n) is 3.94. The molecule has 0 aliphatic rings. The Balaban J connectivity index is 2.25. The van der Waals surface area contributed by atoms with Gasteiger partial charge in [0.2, 0.25) is 5.76 Å². The first kappa shape index (κ1) is 11.6. The summed E-state index contributed by atoms with van der Waals surface area (Å²) in [6.07, 6.45) is -3.19.